The van der Waals surface area contributed by atoms with Crippen LogP contribution in [0, 0.1) is 0 Å². The first-order valence-electron chi connectivity index (χ1n) is 7.68. The van der Waals surface area contributed by atoms with Crippen molar-refractivity contribution in [2.24, 2.45) is 0 Å². The third-order valence-electron chi connectivity index (χ3n) is 3.78. The Bertz CT molecular complexity index is 369. The maximum Gasteiger partial charge on any atom is 0.239 e. The van der Waals surface area contributed by atoms with Crippen LogP contribution >= 0.6 is 0 Å². The van der Waals surface area contributed by atoms with Gasteiger partial charge in [0.2, 0.25) is 11.8 Å². The van der Waals surface area contributed by atoms with Crippen LogP contribution in [-0.4, -0.2) is 86.2 Å². The molecule has 2 heterocycles. The summed E-state index contributed by atoms with van der Waals surface area (Å²) in [6, 6.07) is -0.279. The monoisotopic (exact) mass is 298 g/mol. The lowest BCUT2D eigenvalue weighted by atomic mass is 10.2. The molecule has 2 rings (SSSR count). The summed E-state index contributed by atoms with van der Waals surface area (Å²) in [6.07, 6.45) is 0. The minimum Gasteiger partial charge on any atom is -0.378 e. The largest absolute Gasteiger partial charge is 0.378 e. The Hall–Kier alpha value is -1.18. The van der Waals surface area contributed by atoms with Crippen molar-refractivity contribution < 1.29 is 14.3 Å². The zero-order valence-electron chi connectivity index (χ0n) is 12.9. The van der Waals surface area contributed by atoms with Crippen molar-refractivity contribution >= 4 is 11.8 Å². The number of ether oxygens (including phenoxy) is 1. The maximum atomic E-state index is 12.3. The summed E-state index contributed by atoms with van der Waals surface area (Å²) in [5.74, 6) is 0.0403. The van der Waals surface area contributed by atoms with Crippen molar-refractivity contribution in [2.75, 3.05) is 52.5 Å². The highest BCUT2D eigenvalue weighted by molar-refractivity contribution is 5.84. The Morgan fingerprint density at radius 3 is 2.67 bits per heavy atom. The molecule has 0 bridgehead atoms. The molecular weight excluding hydrogens is 272 g/mol. The molecule has 2 aliphatic heterocycles. The number of nitrogens with one attached hydrogen (secondary N) is 2. The van der Waals surface area contributed by atoms with Gasteiger partial charge in [-0.3, -0.25) is 14.5 Å². The quantitative estimate of drug-likeness (QED) is 0.671. The maximum absolute atomic E-state index is 12.3. The van der Waals surface area contributed by atoms with Gasteiger partial charge < -0.3 is 20.3 Å². The van der Waals surface area contributed by atoms with E-state index < -0.39 is 0 Å². The molecule has 0 aliphatic carbocycles. The fourth-order valence-electron chi connectivity index (χ4n) is 2.64. The van der Waals surface area contributed by atoms with Crippen LogP contribution in [0.2, 0.25) is 0 Å². The zero-order valence-corrected chi connectivity index (χ0v) is 12.9. The van der Waals surface area contributed by atoms with Crippen LogP contribution in [0.1, 0.15) is 13.8 Å². The molecule has 0 aromatic heterocycles. The van der Waals surface area contributed by atoms with Crippen molar-refractivity contribution in [1.82, 2.24) is 20.4 Å². The van der Waals surface area contributed by atoms with Gasteiger partial charge in [-0.1, -0.05) is 0 Å². The molecule has 2 fully saturated rings. The normalized spacial score (nSPS) is 24.1. The van der Waals surface area contributed by atoms with Crippen molar-refractivity contribution in [1.29, 1.82) is 0 Å². The van der Waals surface area contributed by atoms with Gasteiger partial charge in [0.05, 0.1) is 19.8 Å². The summed E-state index contributed by atoms with van der Waals surface area (Å²) < 4.78 is 5.40. The van der Waals surface area contributed by atoms with Gasteiger partial charge >= 0.3 is 0 Å². The number of hydrogen-bond acceptors (Lipinski definition) is 5. The van der Waals surface area contributed by atoms with Crippen LogP contribution in [0.3, 0.4) is 0 Å². The molecule has 1 atom stereocenters. The van der Waals surface area contributed by atoms with E-state index in [9.17, 15) is 9.59 Å². The van der Waals surface area contributed by atoms with E-state index in [1.807, 2.05) is 23.6 Å². The highest BCUT2D eigenvalue weighted by Gasteiger charge is 2.32. The first kappa shape index (κ1) is 16.2. The molecule has 2 aliphatic rings. The van der Waals surface area contributed by atoms with Gasteiger partial charge in [-0.15, -0.1) is 0 Å². The average molecular weight is 298 g/mol. The molecule has 2 saturated heterocycles. The van der Waals surface area contributed by atoms with Crippen molar-refractivity contribution in [3.05, 3.63) is 0 Å². The van der Waals surface area contributed by atoms with E-state index in [0.29, 0.717) is 26.3 Å². The highest BCUT2D eigenvalue weighted by Crippen LogP contribution is 2.09. The number of nitrogens with zero attached hydrogens (tertiary/aromatic N) is 2. The van der Waals surface area contributed by atoms with E-state index in [1.165, 1.54) is 0 Å². The molecule has 2 amide bonds. The minimum absolute atomic E-state index is 0.0576. The SMILES string of the molecule is CC(C)NC(=O)C1COCCN1CC(=O)N1CCNCC1. The molecule has 0 radical (unpaired) electrons. The second-order valence-corrected chi connectivity index (χ2v) is 5.86. The van der Waals surface area contributed by atoms with Crippen LogP contribution in [0.25, 0.3) is 0 Å². The number of morpholine rings is 1. The van der Waals surface area contributed by atoms with Gasteiger partial charge in [-0.25, -0.2) is 0 Å². The predicted molar refractivity (Wildman–Crippen MR) is 78.9 cm³/mol. The number of piperazine rings is 1. The smallest absolute Gasteiger partial charge is 0.239 e. The lowest BCUT2D eigenvalue weighted by Crippen LogP contribution is -2.58. The number of amides is 2. The molecule has 0 spiro atoms. The van der Waals surface area contributed by atoms with E-state index in [1.54, 1.807) is 0 Å². The molecule has 0 aromatic carbocycles. The molecule has 7 nitrogen and oxygen atoms in total. The van der Waals surface area contributed by atoms with E-state index in [0.717, 1.165) is 26.2 Å². The number of rotatable bonds is 4. The molecule has 7 heteroatoms. The van der Waals surface area contributed by atoms with Gasteiger partial charge in [-0.05, 0) is 13.8 Å². The van der Waals surface area contributed by atoms with Crippen LogP contribution in [0.4, 0.5) is 0 Å². The predicted octanol–water partition coefficient (Wildman–Crippen LogP) is -1.36. The fourth-order valence-corrected chi connectivity index (χ4v) is 2.64. The lowest BCUT2D eigenvalue weighted by molar-refractivity contribution is -0.140. The van der Waals surface area contributed by atoms with E-state index >= 15 is 0 Å². The minimum atomic E-state index is -0.368. The molecule has 21 heavy (non-hydrogen) atoms. The second kappa shape index (κ2) is 7.72. The summed E-state index contributed by atoms with van der Waals surface area (Å²) in [6.45, 7) is 8.85. The van der Waals surface area contributed by atoms with Gasteiger partial charge in [-0.2, -0.15) is 0 Å². The van der Waals surface area contributed by atoms with Crippen LogP contribution in [0.15, 0.2) is 0 Å². The summed E-state index contributed by atoms with van der Waals surface area (Å²) in [5.41, 5.74) is 0. The summed E-state index contributed by atoms with van der Waals surface area (Å²) >= 11 is 0. The molecule has 1 unspecified atom stereocenters. The van der Waals surface area contributed by atoms with Gasteiger partial charge in [0.25, 0.3) is 0 Å². The fraction of sp³-hybridized carbons (Fsp3) is 0.857. The summed E-state index contributed by atoms with van der Waals surface area (Å²) in [5, 5.41) is 6.13. The van der Waals surface area contributed by atoms with E-state index in [-0.39, 0.29) is 23.9 Å². The Labute approximate surface area is 126 Å². The average Bonchev–Trinajstić information content (AvgIpc) is 2.48. The van der Waals surface area contributed by atoms with Crippen LogP contribution in [0.5, 0.6) is 0 Å². The van der Waals surface area contributed by atoms with Crippen LogP contribution < -0.4 is 10.6 Å². The lowest BCUT2D eigenvalue weighted by Gasteiger charge is -2.36. The first-order valence-corrected chi connectivity index (χ1v) is 7.68. The highest BCUT2D eigenvalue weighted by atomic mass is 16.5. The topological polar surface area (TPSA) is 73.9 Å². The third kappa shape index (κ3) is 4.66. The zero-order chi connectivity index (χ0) is 15.2. The van der Waals surface area contributed by atoms with Gasteiger partial charge in [0, 0.05) is 38.8 Å². The molecule has 0 aromatic rings. The van der Waals surface area contributed by atoms with Crippen molar-refractivity contribution in [3.8, 4) is 0 Å². The molecule has 0 saturated carbocycles. The summed E-state index contributed by atoms with van der Waals surface area (Å²) in [7, 11) is 0. The standard InChI is InChI=1S/C14H26N4O3/c1-11(2)16-14(20)12-10-21-8-7-18(12)9-13(19)17-5-3-15-4-6-17/h11-12,15H,3-10H2,1-2H3,(H,16,20). The van der Waals surface area contributed by atoms with E-state index in [4.69, 9.17) is 4.74 Å². The number of hydrogen-bond donors (Lipinski definition) is 2. The van der Waals surface area contributed by atoms with Crippen LogP contribution in [-0.2, 0) is 14.3 Å². The number of carbonyl (C=O) groups excluding carboxylic acids is 2. The Morgan fingerprint density at radius 2 is 2.00 bits per heavy atom. The Morgan fingerprint density at radius 1 is 1.29 bits per heavy atom. The molecular formula is C14H26N4O3. The third-order valence-corrected chi connectivity index (χ3v) is 3.78. The van der Waals surface area contributed by atoms with Crippen molar-refractivity contribution in [2.45, 2.75) is 25.9 Å². The Balaban J connectivity index is 1.91. The van der Waals surface area contributed by atoms with Gasteiger partial charge in [0.15, 0.2) is 0 Å². The Kier molecular flexibility index (Phi) is 5.96. The van der Waals surface area contributed by atoms with Gasteiger partial charge in [0.1, 0.15) is 6.04 Å². The number of carbonyl (C=O) groups is 2. The molecule has 2 N–H and O–H groups in total. The second-order valence-electron chi connectivity index (χ2n) is 5.86. The van der Waals surface area contributed by atoms with Crippen molar-refractivity contribution in [3.63, 3.8) is 0 Å². The first-order chi connectivity index (χ1) is 10.1. The summed E-state index contributed by atoms with van der Waals surface area (Å²) in [4.78, 5) is 28.4. The van der Waals surface area contributed by atoms with E-state index in [2.05, 4.69) is 10.6 Å². The molecule has 120 valence electrons.